The average molecular weight is 318 g/mol. The normalized spacial score (nSPS) is 18.0. The zero-order valence-electron chi connectivity index (χ0n) is 12.7. The van der Waals surface area contributed by atoms with Gasteiger partial charge in [0, 0.05) is 32.2 Å². The molecule has 0 aromatic heterocycles. The molecule has 1 saturated heterocycles. The number of hydrogen-bond donors (Lipinski definition) is 1. The van der Waals surface area contributed by atoms with Crippen LogP contribution < -0.4 is 14.8 Å². The Balaban J connectivity index is 2.30. The molecule has 1 aromatic rings. The fourth-order valence-electron chi connectivity index (χ4n) is 2.73. The largest absolute Gasteiger partial charge is 0.493 e. The minimum absolute atomic E-state index is 0.447. The number of ether oxygens (including phenoxy) is 2. The summed E-state index contributed by atoms with van der Waals surface area (Å²) in [5.41, 5.74) is 0.594. The fraction of sp³-hybridized carbons (Fsp3) is 0.600. The van der Waals surface area contributed by atoms with E-state index in [1.165, 1.54) is 14.2 Å². The van der Waals surface area contributed by atoms with Crippen molar-refractivity contribution in [2.75, 3.05) is 40.4 Å². The molecule has 1 aliphatic heterocycles. The highest BCUT2D eigenvalue weighted by Crippen LogP contribution is 2.37. The quantitative estimate of drug-likeness (QED) is 0.905. The molecule has 1 atom stereocenters. The van der Waals surface area contributed by atoms with Gasteiger partial charge in [-0.3, -0.25) is 4.90 Å². The first kappa shape index (κ1) is 16.9. The van der Waals surface area contributed by atoms with Crippen LogP contribution in [0.15, 0.2) is 18.2 Å². The molecule has 0 unspecified atom stereocenters. The van der Waals surface area contributed by atoms with Crippen molar-refractivity contribution >= 4 is 0 Å². The summed E-state index contributed by atoms with van der Waals surface area (Å²) in [6.45, 7) is 2.58. The van der Waals surface area contributed by atoms with Gasteiger partial charge in [-0.25, -0.2) is 0 Å². The maximum Gasteiger partial charge on any atom is 0.390 e. The van der Waals surface area contributed by atoms with Crippen LogP contribution in [0.25, 0.3) is 0 Å². The van der Waals surface area contributed by atoms with Gasteiger partial charge in [0.2, 0.25) is 0 Å². The molecule has 4 nitrogen and oxygen atoms in total. The smallest absolute Gasteiger partial charge is 0.390 e. The van der Waals surface area contributed by atoms with E-state index < -0.39 is 18.6 Å². The summed E-state index contributed by atoms with van der Waals surface area (Å²) in [6, 6.07) is 4.26. The Morgan fingerprint density at radius 2 is 1.77 bits per heavy atom. The molecule has 0 aliphatic carbocycles. The highest BCUT2D eigenvalue weighted by molar-refractivity contribution is 5.43. The van der Waals surface area contributed by atoms with Crippen molar-refractivity contribution in [3.63, 3.8) is 0 Å². The monoisotopic (exact) mass is 318 g/mol. The third-order valence-corrected chi connectivity index (χ3v) is 3.81. The van der Waals surface area contributed by atoms with Crippen molar-refractivity contribution in [3.8, 4) is 11.5 Å². The van der Waals surface area contributed by atoms with Crippen molar-refractivity contribution in [3.05, 3.63) is 23.8 Å². The van der Waals surface area contributed by atoms with E-state index in [4.69, 9.17) is 9.47 Å². The lowest BCUT2D eigenvalue weighted by Crippen LogP contribution is -2.46. The van der Waals surface area contributed by atoms with E-state index in [0.717, 1.165) is 0 Å². The second-order valence-corrected chi connectivity index (χ2v) is 5.24. The van der Waals surface area contributed by atoms with E-state index >= 15 is 0 Å². The van der Waals surface area contributed by atoms with Crippen LogP contribution in [0.4, 0.5) is 13.2 Å². The second-order valence-electron chi connectivity index (χ2n) is 5.24. The molecule has 1 aliphatic rings. The van der Waals surface area contributed by atoms with Crippen molar-refractivity contribution in [2.24, 2.45) is 0 Å². The predicted molar refractivity (Wildman–Crippen MR) is 77.4 cm³/mol. The highest BCUT2D eigenvalue weighted by Gasteiger charge is 2.36. The molecule has 0 amide bonds. The summed E-state index contributed by atoms with van der Waals surface area (Å²) in [6.07, 6.45) is -5.09. The number of alkyl halides is 3. The van der Waals surface area contributed by atoms with Crippen molar-refractivity contribution in [1.29, 1.82) is 0 Å². The van der Waals surface area contributed by atoms with Crippen LogP contribution in [-0.2, 0) is 0 Å². The molecular formula is C15H21F3N2O2. The standard InChI is InChI=1S/C15H21F3N2O2/c1-21-13-4-3-11(9-14(13)22-2)12(10-15(16,17)18)20-7-5-19-6-8-20/h3-4,9,12,19H,5-8,10H2,1-2H3/t12-/m1/s1. The zero-order valence-corrected chi connectivity index (χ0v) is 12.7. The number of methoxy groups -OCH3 is 2. The maximum atomic E-state index is 13.0. The van der Waals surface area contributed by atoms with Gasteiger partial charge in [-0.1, -0.05) is 6.07 Å². The second kappa shape index (κ2) is 7.19. The van der Waals surface area contributed by atoms with Crippen LogP contribution >= 0.6 is 0 Å². The molecule has 124 valence electrons. The number of halogens is 3. The summed E-state index contributed by atoms with van der Waals surface area (Å²) in [7, 11) is 2.98. The van der Waals surface area contributed by atoms with Gasteiger partial charge in [-0.15, -0.1) is 0 Å². The van der Waals surface area contributed by atoms with E-state index in [0.29, 0.717) is 43.2 Å². The highest BCUT2D eigenvalue weighted by atomic mass is 19.4. The average Bonchev–Trinajstić information content (AvgIpc) is 2.52. The Kier molecular flexibility index (Phi) is 5.52. The molecule has 2 rings (SSSR count). The number of piperazine rings is 1. The molecular weight excluding hydrogens is 297 g/mol. The summed E-state index contributed by atoms with van der Waals surface area (Å²) in [4.78, 5) is 1.87. The number of benzene rings is 1. The molecule has 0 spiro atoms. The number of nitrogens with one attached hydrogen (secondary N) is 1. The summed E-state index contributed by atoms with van der Waals surface area (Å²) in [5, 5.41) is 3.16. The van der Waals surface area contributed by atoms with E-state index in [9.17, 15) is 13.2 Å². The number of nitrogens with zero attached hydrogens (tertiary/aromatic N) is 1. The number of rotatable bonds is 5. The van der Waals surface area contributed by atoms with Crippen LogP contribution in [0.2, 0.25) is 0 Å². The van der Waals surface area contributed by atoms with Crippen LogP contribution in [-0.4, -0.2) is 51.5 Å². The summed E-state index contributed by atoms with van der Waals surface area (Å²) < 4.78 is 49.3. The molecule has 1 aromatic carbocycles. The molecule has 1 N–H and O–H groups in total. The van der Waals surface area contributed by atoms with E-state index in [2.05, 4.69) is 5.32 Å². The SMILES string of the molecule is COc1ccc([C@@H](CC(F)(F)F)N2CCNCC2)cc1OC. The lowest BCUT2D eigenvalue weighted by molar-refractivity contribution is -0.148. The van der Waals surface area contributed by atoms with E-state index in [1.807, 2.05) is 4.90 Å². The summed E-state index contributed by atoms with van der Waals surface area (Å²) >= 11 is 0. The minimum atomic E-state index is -4.22. The molecule has 1 fully saturated rings. The molecule has 1 heterocycles. The predicted octanol–water partition coefficient (Wildman–Crippen LogP) is 2.60. The van der Waals surface area contributed by atoms with Gasteiger partial charge in [0.1, 0.15) is 0 Å². The van der Waals surface area contributed by atoms with Crippen molar-refractivity contribution in [1.82, 2.24) is 10.2 Å². The third-order valence-electron chi connectivity index (χ3n) is 3.81. The molecule has 22 heavy (non-hydrogen) atoms. The van der Waals surface area contributed by atoms with Gasteiger partial charge in [-0.05, 0) is 17.7 Å². The minimum Gasteiger partial charge on any atom is -0.493 e. The zero-order chi connectivity index (χ0) is 16.2. The lowest BCUT2D eigenvalue weighted by atomic mass is 10.00. The lowest BCUT2D eigenvalue weighted by Gasteiger charge is -2.35. The first-order valence-corrected chi connectivity index (χ1v) is 7.18. The van der Waals surface area contributed by atoms with Gasteiger partial charge < -0.3 is 14.8 Å². The Labute approximate surface area is 128 Å². The topological polar surface area (TPSA) is 33.7 Å². The summed E-state index contributed by atoms with van der Waals surface area (Å²) in [5.74, 6) is 0.958. The van der Waals surface area contributed by atoms with Gasteiger partial charge in [-0.2, -0.15) is 13.2 Å². The van der Waals surface area contributed by atoms with Crippen LogP contribution in [0.5, 0.6) is 11.5 Å². The van der Waals surface area contributed by atoms with Crippen molar-refractivity contribution in [2.45, 2.75) is 18.6 Å². The Hall–Kier alpha value is -1.47. The maximum absolute atomic E-state index is 13.0. The van der Waals surface area contributed by atoms with Crippen LogP contribution in [0.1, 0.15) is 18.0 Å². The molecule has 0 radical (unpaired) electrons. The van der Waals surface area contributed by atoms with Crippen LogP contribution in [0.3, 0.4) is 0 Å². The van der Waals surface area contributed by atoms with Crippen LogP contribution in [0, 0.1) is 0 Å². The van der Waals surface area contributed by atoms with Gasteiger partial charge in [0.05, 0.1) is 20.6 Å². The Bertz CT molecular complexity index is 488. The Morgan fingerprint density at radius 1 is 1.14 bits per heavy atom. The van der Waals surface area contributed by atoms with E-state index in [-0.39, 0.29) is 0 Å². The fourth-order valence-corrected chi connectivity index (χ4v) is 2.73. The number of hydrogen-bond acceptors (Lipinski definition) is 4. The van der Waals surface area contributed by atoms with Gasteiger partial charge in [0.25, 0.3) is 0 Å². The molecule has 0 bridgehead atoms. The first-order valence-electron chi connectivity index (χ1n) is 7.18. The van der Waals surface area contributed by atoms with Gasteiger partial charge >= 0.3 is 6.18 Å². The Morgan fingerprint density at radius 3 is 2.32 bits per heavy atom. The van der Waals surface area contributed by atoms with E-state index in [1.54, 1.807) is 18.2 Å². The first-order chi connectivity index (χ1) is 10.4. The van der Waals surface area contributed by atoms with Gasteiger partial charge in [0.15, 0.2) is 11.5 Å². The van der Waals surface area contributed by atoms with Crippen molar-refractivity contribution < 1.29 is 22.6 Å². The third kappa shape index (κ3) is 4.27. The molecule has 0 saturated carbocycles. The molecule has 7 heteroatoms.